The van der Waals surface area contributed by atoms with Crippen LogP contribution in [0.2, 0.25) is 0 Å². The fourth-order valence-corrected chi connectivity index (χ4v) is 4.64. The quantitative estimate of drug-likeness (QED) is 0.585. The van der Waals surface area contributed by atoms with Crippen LogP contribution < -0.4 is 4.90 Å². The van der Waals surface area contributed by atoms with Crippen molar-refractivity contribution >= 4 is 21.2 Å². The van der Waals surface area contributed by atoms with E-state index < -0.39 is 20.6 Å². The fraction of sp³-hybridized carbons (Fsp3) is 0.538. The Morgan fingerprint density at radius 1 is 1.27 bits per heavy atom. The number of rotatable bonds is 2. The lowest BCUT2D eigenvalue weighted by atomic mass is 10.1. The number of nitro benzene ring substituents is 1. The number of nitrogens with zero attached hydrogens (tertiary/aromatic N) is 3. The van der Waals surface area contributed by atoms with Gasteiger partial charge in [-0.3, -0.25) is 15.0 Å². The summed E-state index contributed by atoms with van der Waals surface area (Å²) in [5.41, 5.74) is -0.00616. The molecule has 0 aliphatic carbocycles. The number of non-ortho nitro benzene ring substituents is 1. The molecule has 2 fully saturated rings. The Morgan fingerprint density at radius 3 is 2.73 bits per heavy atom. The van der Waals surface area contributed by atoms with Crippen LogP contribution in [0, 0.1) is 15.9 Å². The van der Waals surface area contributed by atoms with Gasteiger partial charge in [0.2, 0.25) is 0 Å². The SMILES string of the molecule is O=[N+]([O-])c1ccc(N2CCN3CCS(=O)(=O)C[C@H]3C2)c(F)c1. The van der Waals surface area contributed by atoms with Crippen LogP contribution >= 0.6 is 0 Å². The number of hydrogen-bond acceptors (Lipinski definition) is 6. The van der Waals surface area contributed by atoms with Crippen molar-refractivity contribution in [1.29, 1.82) is 0 Å². The van der Waals surface area contributed by atoms with Gasteiger partial charge in [-0.25, -0.2) is 12.8 Å². The van der Waals surface area contributed by atoms with E-state index in [1.54, 1.807) is 4.90 Å². The summed E-state index contributed by atoms with van der Waals surface area (Å²) in [6.07, 6.45) is 0. The Kier molecular flexibility index (Phi) is 3.77. The van der Waals surface area contributed by atoms with Gasteiger partial charge in [-0.2, -0.15) is 0 Å². The number of sulfone groups is 1. The van der Waals surface area contributed by atoms with Gasteiger partial charge in [0.1, 0.15) is 0 Å². The zero-order valence-electron chi connectivity index (χ0n) is 11.8. The molecule has 0 amide bonds. The van der Waals surface area contributed by atoms with E-state index in [9.17, 15) is 22.9 Å². The van der Waals surface area contributed by atoms with E-state index in [4.69, 9.17) is 0 Å². The predicted octanol–water partition coefficient (Wildman–Crippen LogP) is 0.653. The number of benzene rings is 1. The Balaban J connectivity index is 1.80. The third kappa shape index (κ3) is 2.91. The maximum atomic E-state index is 14.1. The van der Waals surface area contributed by atoms with Crippen molar-refractivity contribution in [2.75, 3.05) is 42.6 Å². The van der Waals surface area contributed by atoms with Gasteiger partial charge >= 0.3 is 0 Å². The third-order valence-electron chi connectivity index (χ3n) is 4.22. The van der Waals surface area contributed by atoms with E-state index >= 15 is 0 Å². The second-order valence-corrected chi connectivity index (χ2v) is 7.87. The van der Waals surface area contributed by atoms with Gasteiger partial charge in [-0.05, 0) is 6.07 Å². The van der Waals surface area contributed by atoms with Crippen molar-refractivity contribution < 1.29 is 17.7 Å². The summed E-state index contributed by atoms with van der Waals surface area (Å²) in [5, 5.41) is 10.7. The Morgan fingerprint density at radius 2 is 2.05 bits per heavy atom. The smallest absolute Gasteiger partial charge is 0.272 e. The van der Waals surface area contributed by atoms with Gasteiger partial charge in [-0.15, -0.1) is 0 Å². The van der Waals surface area contributed by atoms with Gasteiger partial charge in [0.15, 0.2) is 15.7 Å². The highest BCUT2D eigenvalue weighted by molar-refractivity contribution is 7.91. The minimum atomic E-state index is -3.04. The highest BCUT2D eigenvalue weighted by Crippen LogP contribution is 2.27. The molecule has 9 heteroatoms. The summed E-state index contributed by atoms with van der Waals surface area (Å²) in [6.45, 7) is 2.17. The summed E-state index contributed by atoms with van der Waals surface area (Å²) in [5.74, 6) is -0.394. The summed E-state index contributed by atoms with van der Waals surface area (Å²) in [4.78, 5) is 13.9. The average Bonchev–Trinajstić information content (AvgIpc) is 2.45. The first-order valence-corrected chi connectivity index (χ1v) is 8.81. The molecule has 0 radical (unpaired) electrons. The average molecular weight is 329 g/mol. The zero-order valence-corrected chi connectivity index (χ0v) is 12.6. The third-order valence-corrected chi connectivity index (χ3v) is 5.92. The molecular weight excluding hydrogens is 313 g/mol. The van der Waals surface area contributed by atoms with Crippen molar-refractivity contribution in [3.8, 4) is 0 Å². The number of fused-ring (bicyclic) bond motifs is 1. The first kappa shape index (κ1) is 15.2. The van der Waals surface area contributed by atoms with Gasteiger partial charge < -0.3 is 4.90 Å². The molecule has 2 heterocycles. The molecule has 0 saturated carbocycles. The van der Waals surface area contributed by atoms with Crippen LogP contribution in [-0.2, 0) is 9.84 Å². The summed E-state index contributed by atoms with van der Waals surface area (Å²) < 4.78 is 37.6. The summed E-state index contributed by atoms with van der Waals surface area (Å²) >= 11 is 0. The Labute approximate surface area is 127 Å². The van der Waals surface area contributed by atoms with Crippen LogP contribution in [0.4, 0.5) is 15.8 Å². The lowest BCUT2D eigenvalue weighted by Gasteiger charge is -2.44. The first-order valence-electron chi connectivity index (χ1n) is 6.99. The number of hydrogen-bond donors (Lipinski definition) is 0. The van der Waals surface area contributed by atoms with Crippen LogP contribution in [0.15, 0.2) is 18.2 Å². The minimum absolute atomic E-state index is 0.0814. The molecule has 0 aromatic heterocycles. The highest BCUT2D eigenvalue weighted by atomic mass is 32.2. The molecule has 1 aromatic carbocycles. The molecule has 0 N–H and O–H groups in total. The van der Waals surface area contributed by atoms with Crippen molar-refractivity contribution in [3.63, 3.8) is 0 Å². The minimum Gasteiger partial charge on any atom is -0.366 e. The van der Waals surface area contributed by atoms with Crippen LogP contribution in [0.5, 0.6) is 0 Å². The second-order valence-electron chi connectivity index (χ2n) is 5.64. The molecule has 0 spiro atoms. The fourth-order valence-electron chi connectivity index (χ4n) is 3.06. The van der Waals surface area contributed by atoms with Crippen molar-refractivity contribution in [2.45, 2.75) is 6.04 Å². The van der Waals surface area contributed by atoms with Crippen LogP contribution in [0.1, 0.15) is 0 Å². The number of halogens is 1. The highest BCUT2D eigenvalue weighted by Gasteiger charge is 2.35. The normalized spacial score (nSPS) is 24.8. The second kappa shape index (κ2) is 5.47. The van der Waals surface area contributed by atoms with E-state index in [1.165, 1.54) is 12.1 Å². The molecule has 0 bridgehead atoms. The molecule has 1 atom stereocenters. The summed E-state index contributed by atoms with van der Waals surface area (Å²) in [6, 6.07) is 3.41. The Hall–Kier alpha value is -1.74. The molecule has 2 saturated heterocycles. The molecule has 2 aliphatic heterocycles. The van der Waals surface area contributed by atoms with Crippen LogP contribution in [0.3, 0.4) is 0 Å². The Bertz CT molecular complexity index is 709. The number of piperazine rings is 1. The van der Waals surface area contributed by atoms with Gasteiger partial charge in [-0.1, -0.05) is 0 Å². The van der Waals surface area contributed by atoms with Crippen LogP contribution in [-0.4, -0.2) is 62.0 Å². The van der Waals surface area contributed by atoms with Gasteiger partial charge in [0.05, 0.1) is 28.2 Å². The van der Waals surface area contributed by atoms with Crippen molar-refractivity contribution in [3.05, 3.63) is 34.1 Å². The van der Waals surface area contributed by atoms with Crippen LogP contribution in [0.25, 0.3) is 0 Å². The lowest BCUT2D eigenvalue weighted by Crippen LogP contribution is -2.59. The monoisotopic (exact) mass is 329 g/mol. The van der Waals surface area contributed by atoms with E-state index in [0.717, 1.165) is 6.07 Å². The molecule has 120 valence electrons. The predicted molar refractivity (Wildman–Crippen MR) is 79.3 cm³/mol. The van der Waals surface area contributed by atoms with E-state index in [2.05, 4.69) is 4.90 Å². The van der Waals surface area contributed by atoms with Gasteiger partial charge in [0.25, 0.3) is 5.69 Å². The lowest BCUT2D eigenvalue weighted by molar-refractivity contribution is -0.385. The largest absolute Gasteiger partial charge is 0.366 e. The zero-order chi connectivity index (χ0) is 15.9. The van der Waals surface area contributed by atoms with Crippen molar-refractivity contribution in [1.82, 2.24) is 4.90 Å². The topological polar surface area (TPSA) is 83.8 Å². The molecule has 22 heavy (non-hydrogen) atoms. The molecular formula is C13H16FN3O4S. The van der Waals surface area contributed by atoms with Gasteiger partial charge in [0, 0.05) is 38.3 Å². The maximum absolute atomic E-state index is 14.1. The maximum Gasteiger partial charge on any atom is 0.272 e. The molecule has 3 rings (SSSR count). The van der Waals surface area contributed by atoms with Crippen molar-refractivity contribution in [2.24, 2.45) is 0 Å². The van der Waals surface area contributed by atoms with E-state index in [0.29, 0.717) is 26.2 Å². The molecule has 0 unspecified atom stereocenters. The number of nitro groups is 1. The molecule has 2 aliphatic rings. The molecule has 1 aromatic rings. The van der Waals surface area contributed by atoms with E-state index in [-0.39, 0.29) is 28.9 Å². The molecule has 7 nitrogen and oxygen atoms in total. The van der Waals surface area contributed by atoms with E-state index in [1.807, 2.05) is 0 Å². The standard InChI is InChI=1S/C13H16FN3O4S/c14-12-7-10(17(18)19)1-2-13(12)16-4-3-15-5-6-22(20,21)9-11(15)8-16/h1-2,7,11H,3-6,8-9H2/t11-/m1/s1. The first-order chi connectivity index (χ1) is 10.4. The summed E-state index contributed by atoms with van der Waals surface area (Å²) in [7, 11) is -3.04. The number of anilines is 1.